The van der Waals surface area contributed by atoms with Crippen LogP contribution in [0.2, 0.25) is 0 Å². The number of halogens is 1. The molecular formula is C34H44FN5O7. The molecule has 2 saturated heterocycles. The number of fused-ring (bicyclic) bond motifs is 1. The van der Waals surface area contributed by atoms with Crippen LogP contribution in [0.25, 0.3) is 0 Å². The number of carbonyl (C=O) groups is 4. The summed E-state index contributed by atoms with van der Waals surface area (Å²) in [5.74, 6) is -1.54. The molecule has 5 rings (SSSR count). The second-order valence-corrected chi connectivity index (χ2v) is 13.0. The summed E-state index contributed by atoms with van der Waals surface area (Å²) >= 11 is 0. The number of esters is 1. The second kappa shape index (κ2) is 14.4. The van der Waals surface area contributed by atoms with E-state index in [1.807, 2.05) is 25.1 Å². The predicted molar refractivity (Wildman–Crippen MR) is 172 cm³/mol. The van der Waals surface area contributed by atoms with Crippen molar-refractivity contribution in [2.45, 2.75) is 50.7 Å². The molecule has 2 aromatic carbocycles. The van der Waals surface area contributed by atoms with Gasteiger partial charge in [0, 0.05) is 56.5 Å². The zero-order valence-electron chi connectivity index (χ0n) is 27.4. The van der Waals surface area contributed by atoms with Crippen LogP contribution in [-0.4, -0.2) is 128 Å². The minimum Gasteiger partial charge on any atom is -0.468 e. The molecule has 0 radical (unpaired) electrons. The topological polar surface area (TPSA) is 132 Å². The number of rotatable bonds is 9. The molecule has 0 spiro atoms. The van der Waals surface area contributed by atoms with Crippen LogP contribution in [0, 0.1) is 5.82 Å². The molecular weight excluding hydrogens is 609 g/mol. The lowest BCUT2D eigenvalue weighted by Gasteiger charge is -2.47. The zero-order valence-corrected chi connectivity index (χ0v) is 27.4. The van der Waals surface area contributed by atoms with Crippen molar-refractivity contribution in [1.82, 2.24) is 20.0 Å². The van der Waals surface area contributed by atoms with Crippen molar-refractivity contribution in [3.8, 4) is 0 Å². The Kier molecular flexibility index (Phi) is 10.5. The minimum absolute atomic E-state index is 0.0304. The fourth-order valence-electron chi connectivity index (χ4n) is 6.84. The van der Waals surface area contributed by atoms with Crippen LogP contribution >= 0.6 is 0 Å². The number of hydrogen-bond donors (Lipinski definition) is 2. The molecule has 3 aliphatic heterocycles. The van der Waals surface area contributed by atoms with E-state index in [-0.39, 0.29) is 56.0 Å². The molecule has 2 N–H and O–H groups in total. The molecule has 2 unspecified atom stereocenters. The third-order valence-corrected chi connectivity index (χ3v) is 9.66. The van der Waals surface area contributed by atoms with Crippen molar-refractivity contribution in [2.75, 3.05) is 71.0 Å². The average Bonchev–Trinajstić information content (AvgIpc) is 3.35. The Bertz CT molecular complexity index is 1490. The van der Waals surface area contributed by atoms with Gasteiger partial charge in [-0.25, -0.2) is 9.18 Å². The van der Waals surface area contributed by atoms with E-state index in [4.69, 9.17) is 9.47 Å². The maximum Gasteiger partial charge on any atom is 0.407 e. The molecule has 2 aromatic rings. The van der Waals surface area contributed by atoms with Gasteiger partial charge in [0.25, 0.3) is 0 Å². The van der Waals surface area contributed by atoms with Gasteiger partial charge in [0.2, 0.25) is 11.8 Å². The number of methoxy groups -OCH3 is 1. The summed E-state index contributed by atoms with van der Waals surface area (Å²) in [6.07, 6.45) is -0.491. The first-order valence-electron chi connectivity index (χ1n) is 16.0. The Morgan fingerprint density at radius 2 is 1.77 bits per heavy atom. The summed E-state index contributed by atoms with van der Waals surface area (Å²) in [5, 5.41) is 12.6. The van der Waals surface area contributed by atoms with Gasteiger partial charge in [0.05, 0.1) is 32.3 Å². The summed E-state index contributed by atoms with van der Waals surface area (Å²) in [7, 11) is 1.24. The van der Waals surface area contributed by atoms with Crippen LogP contribution in [0.4, 0.5) is 14.9 Å². The summed E-state index contributed by atoms with van der Waals surface area (Å²) in [4.78, 5) is 59.2. The van der Waals surface area contributed by atoms with Crippen LogP contribution in [-0.2, 0) is 35.7 Å². The molecule has 254 valence electrons. The van der Waals surface area contributed by atoms with Gasteiger partial charge in [0.1, 0.15) is 12.4 Å². The molecule has 12 nitrogen and oxygen atoms in total. The first kappa shape index (κ1) is 34.3. The number of nitrogens with one attached hydrogen (secondary N) is 1. The Hall–Kier alpha value is -4.07. The standard InChI is InChI=1S/C34H44FN5O7/c1-22-16-38(27(18-39(22)33(44)45)17-37-11-12-47-20-23(37)2)19-30(41)40-21-34(3,32(43)36-15-31(42)46-4)28-10-7-25(14-29(28)40)13-24-5-8-26(35)9-6-24/h5-10,14,22-23,27H,11-13,15-21H2,1-4H3,(H,36,43)(H,44,45)/t22?,23-,27?,34+/m1/s1. The van der Waals surface area contributed by atoms with E-state index in [0.717, 1.165) is 17.7 Å². The van der Waals surface area contributed by atoms with E-state index in [0.29, 0.717) is 44.0 Å². The Morgan fingerprint density at radius 3 is 2.45 bits per heavy atom. The highest BCUT2D eigenvalue weighted by molar-refractivity contribution is 6.03. The normalized spacial score (nSPS) is 24.9. The SMILES string of the molecule is COC(=O)CNC(=O)[C@@]1(C)CN(C(=O)CN2CC(C)N(C(=O)O)CC2CN2CCOC[C@H]2C)c2cc(Cc3ccc(F)cc3)ccc21. The highest BCUT2D eigenvalue weighted by Gasteiger charge is 2.47. The van der Waals surface area contributed by atoms with Crippen LogP contribution in [0.1, 0.15) is 37.5 Å². The molecule has 0 bridgehead atoms. The van der Waals surface area contributed by atoms with Gasteiger partial charge in [0.15, 0.2) is 0 Å². The number of carboxylic acid groups (broad SMARTS) is 1. The predicted octanol–water partition coefficient (Wildman–Crippen LogP) is 2.08. The zero-order chi connectivity index (χ0) is 33.9. The van der Waals surface area contributed by atoms with Crippen LogP contribution in [0.15, 0.2) is 42.5 Å². The van der Waals surface area contributed by atoms with Gasteiger partial charge >= 0.3 is 12.1 Å². The van der Waals surface area contributed by atoms with Crippen molar-refractivity contribution in [3.63, 3.8) is 0 Å². The summed E-state index contributed by atoms with van der Waals surface area (Å²) < 4.78 is 23.8. The number of anilines is 1. The van der Waals surface area contributed by atoms with Crippen molar-refractivity contribution in [1.29, 1.82) is 0 Å². The number of morpholine rings is 1. The van der Waals surface area contributed by atoms with E-state index in [9.17, 15) is 28.7 Å². The Labute approximate surface area is 274 Å². The van der Waals surface area contributed by atoms with Gasteiger partial charge in [-0.1, -0.05) is 24.3 Å². The number of hydrogen-bond acceptors (Lipinski definition) is 8. The van der Waals surface area contributed by atoms with E-state index in [1.165, 1.54) is 24.1 Å². The number of carbonyl (C=O) groups excluding carboxylic acids is 3. The molecule has 2 fully saturated rings. The van der Waals surface area contributed by atoms with Crippen LogP contribution in [0.3, 0.4) is 0 Å². The van der Waals surface area contributed by atoms with Crippen molar-refractivity contribution < 1.29 is 38.1 Å². The molecule has 47 heavy (non-hydrogen) atoms. The summed E-state index contributed by atoms with van der Waals surface area (Å²) in [6.45, 7) is 8.59. The van der Waals surface area contributed by atoms with Crippen molar-refractivity contribution in [2.24, 2.45) is 0 Å². The molecule has 0 aromatic heterocycles. The second-order valence-electron chi connectivity index (χ2n) is 13.0. The fourth-order valence-corrected chi connectivity index (χ4v) is 6.84. The van der Waals surface area contributed by atoms with E-state index < -0.39 is 23.4 Å². The molecule has 3 amide bonds. The van der Waals surface area contributed by atoms with E-state index in [1.54, 1.807) is 24.0 Å². The third kappa shape index (κ3) is 7.58. The fraction of sp³-hybridized carbons (Fsp3) is 0.529. The van der Waals surface area contributed by atoms with E-state index >= 15 is 0 Å². The molecule has 0 aliphatic carbocycles. The highest BCUT2D eigenvalue weighted by atomic mass is 19.1. The van der Waals surface area contributed by atoms with Gasteiger partial charge in [-0.2, -0.15) is 0 Å². The molecule has 13 heteroatoms. The van der Waals surface area contributed by atoms with Gasteiger partial charge in [-0.15, -0.1) is 0 Å². The maximum absolute atomic E-state index is 14.3. The number of piperazine rings is 1. The van der Waals surface area contributed by atoms with Gasteiger partial charge < -0.3 is 29.7 Å². The highest BCUT2D eigenvalue weighted by Crippen LogP contribution is 2.42. The van der Waals surface area contributed by atoms with Gasteiger partial charge in [-0.3, -0.25) is 24.2 Å². The summed E-state index contributed by atoms with van der Waals surface area (Å²) in [5.41, 5.74) is 1.88. The van der Waals surface area contributed by atoms with Crippen molar-refractivity contribution in [3.05, 3.63) is 65.0 Å². The average molecular weight is 654 g/mol. The minimum atomic E-state index is -1.15. The molecule has 0 saturated carbocycles. The van der Waals surface area contributed by atoms with Gasteiger partial charge in [-0.05, 0) is 62.1 Å². The van der Waals surface area contributed by atoms with Crippen LogP contribution < -0.4 is 10.2 Å². The first-order valence-corrected chi connectivity index (χ1v) is 16.0. The third-order valence-electron chi connectivity index (χ3n) is 9.66. The quantitative estimate of drug-likeness (QED) is 0.391. The lowest BCUT2D eigenvalue weighted by atomic mass is 9.83. The number of nitrogens with zero attached hydrogens (tertiary/aromatic N) is 4. The first-order chi connectivity index (χ1) is 22.4. The molecule has 3 heterocycles. The van der Waals surface area contributed by atoms with E-state index in [2.05, 4.69) is 22.0 Å². The monoisotopic (exact) mass is 653 g/mol. The number of benzene rings is 2. The number of ether oxygens (including phenoxy) is 2. The Morgan fingerprint density at radius 1 is 1.04 bits per heavy atom. The molecule has 4 atom stereocenters. The molecule has 3 aliphatic rings. The maximum atomic E-state index is 14.3. The number of amides is 3. The lowest BCUT2D eigenvalue weighted by Crippen LogP contribution is -2.64. The van der Waals surface area contributed by atoms with Crippen LogP contribution in [0.5, 0.6) is 0 Å². The smallest absolute Gasteiger partial charge is 0.407 e. The Balaban J connectivity index is 1.42. The lowest BCUT2D eigenvalue weighted by molar-refractivity contribution is -0.141. The van der Waals surface area contributed by atoms with Crippen molar-refractivity contribution >= 4 is 29.6 Å². The largest absolute Gasteiger partial charge is 0.468 e. The summed E-state index contributed by atoms with van der Waals surface area (Å²) in [6, 6.07) is 11.5.